The molecule has 0 saturated heterocycles. The van der Waals surface area contributed by atoms with Crippen LogP contribution in [0, 0.1) is 0 Å². The molecule has 0 aliphatic carbocycles. The fraction of sp³-hybridized carbons (Fsp3) is 0.474. The molecule has 2 rings (SSSR count). The largest absolute Gasteiger partial charge is 0.494 e. The minimum atomic E-state index is 0. The van der Waals surface area contributed by atoms with Gasteiger partial charge in [-0.05, 0) is 13.0 Å². The van der Waals surface area contributed by atoms with Crippen molar-refractivity contribution in [3.8, 4) is 5.75 Å². The van der Waals surface area contributed by atoms with E-state index in [4.69, 9.17) is 9.72 Å². The summed E-state index contributed by atoms with van der Waals surface area (Å²) in [6.07, 6.45) is 0. The topological polar surface area (TPSA) is 58.5 Å². The minimum Gasteiger partial charge on any atom is -0.494 e. The minimum absolute atomic E-state index is 0. The normalized spacial score (nSPS) is 11.7. The molecule has 0 aliphatic heterocycles. The van der Waals surface area contributed by atoms with Crippen LogP contribution in [0.2, 0.25) is 0 Å². The Morgan fingerprint density at radius 2 is 1.88 bits per heavy atom. The number of para-hydroxylation sites is 1. The van der Waals surface area contributed by atoms with E-state index in [2.05, 4.69) is 47.8 Å². The molecule has 5 nitrogen and oxygen atoms in total. The monoisotopic (exact) mass is 488 g/mol. The van der Waals surface area contributed by atoms with Crippen molar-refractivity contribution in [3.05, 3.63) is 45.9 Å². The van der Waals surface area contributed by atoms with Gasteiger partial charge in [-0.3, -0.25) is 4.99 Å². The second kappa shape index (κ2) is 10.7. The summed E-state index contributed by atoms with van der Waals surface area (Å²) in [5.41, 5.74) is 2.23. The summed E-state index contributed by atoms with van der Waals surface area (Å²) in [5, 5.41) is 9.89. The highest BCUT2D eigenvalue weighted by Crippen LogP contribution is 2.25. The molecule has 0 radical (unpaired) electrons. The molecular weight excluding hydrogens is 459 g/mol. The SMILES string of the molecule is CCOc1ccccc1CNC(=NC)NCc1csc(C(C)(C)C)n1.I. The third-order valence-corrected chi connectivity index (χ3v) is 4.89. The molecule has 1 aromatic carbocycles. The Kier molecular flexibility index (Phi) is 9.35. The first-order valence-corrected chi connectivity index (χ1v) is 9.42. The van der Waals surface area contributed by atoms with Crippen LogP contribution in [0.5, 0.6) is 5.75 Å². The number of ether oxygens (including phenoxy) is 1. The number of guanidine groups is 1. The lowest BCUT2D eigenvalue weighted by Gasteiger charge is -2.14. The first-order valence-electron chi connectivity index (χ1n) is 8.54. The Morgan fingerprint density at radius 1 is 1.19 bits per heavy atom. The average molecular weight is 488 g/mol. The number of aromatic nitrogens is 1. The van der Waals surface area contributed by atoms with E-state index in [9.17, 15) is 0 Å². The molecule has 0 unspecified atom stereocenters. The average Bonchev–Trinajstić information content (AvgIpc) is 3.06. The number of thiazole rings is 1. The van der Waals surface area contributed by atoms with Crippen LogP contribution in [-0.4, -0.2) is 24.6 Å². The quantitative estimate of drug-likeness (QED) is 0.361. The second-order valence-electron chi connectivity index (χ2n) is 6.71. The van der Waals surface area contributed by atoms with Crippen LogP contribution in [0.1, 0.15) is 44.0 Å². The molecule has 0 atom stereocenters. The van der Waals surface area contributed by atoms with Crippen molar-refractivity contribution in [1.29, 1.82) is 0 Å². The van der Waals surface area contributed by atoms with Crippen molar-refractivity contribution < 1.29 is 4.74 Å². The Morgan fingerprint density at radius 3 is 2.50 bits per heavy atom. The van der Waals surface area contributed by atoms with E-state index in [0.29, 0.717) is 19.7 Å². The van der Waals surface area contributed by atoms with Gasteiger partial charge in [0.05, 0.1) is 23.9 Å². The lowest BCUT2D eigenvalue weighted by atomic mass is 9.98. The fourth-order valence-electron chi connectivity index (χ4n) is 2.25. The van der Waals surface area contributed by atoms with Crippen molar-refractivity contribution >= 4 is 41.3 Å². The Labute approximate surface area is 177 Å². The molecule has 26 heavy (non-hydrogen) atoms. The number of nitrogens with zero attached hydrogens (tertiary/aromatic N) is 2. The second-order valence-corrected chi connectivity index (χ2v) is 7.57. The van der Waals surface area contributed by atoms with E-state index >= 15 is 0 Å². The number of hydrogen-bond acceptors (Lipinski definition) is 4. The molecule has 0 saturated carbocycles. The molecular formula is C19H29IN4OS. The highest BCUT2D eigenvalue weighted by Gasteiger charge is 2.17. The van der Waals surface area contributed by atoms with E-state index in [1.54, 1.807) is 18.4 Å². The van der Waals surface area contributed by atoms with E-state index < -0.39 is 0 Å². The van der Waals surface area contributed by atoms with Gasteiger partial charge in [0.25, 0.3) is 0 Å². The zero-order valence-corrected chi connectivity index (χ0v) is 19.3. The van der Waals surface area contributed by atoms with E-state index in [1.165, 1.54) is 0 Å². The summed E-state index contributed by atoms with van der Waals surface area (Å²) < 4.78 is 5.66. The molecule has 1 aromatic heterocycles. The van der Waals surface area contributed by atoms with Gasteiger partial charge in [0, 0.05) is 30.0 Å². The molecule has 144 valence electrons. The molecule has 0 aliphatic rings. The summed E-state index contributed by atoms with van der Waals surface area (Å²) in [6, 6.07) is 8.04. The van der Waals surface area contributed by atoms with Gasteiger partial charge in [-0.1, -0.05) is 39.0 Å². The number of aliphatic imine (C=N–C) groups is 1. The Bertz CT molecular complexity index is 710. The van der Waals surface area contributed by atoms with Crippen LogP contribution in [0.3, 0.4) is 0 Å². The fourth-order valence-corrected chi connectivity index (χ4v) is 3.16. The Hall–Kier alpha value is -1.35. The third-order valence-electron chi connectivity index (χ3n) is 3.57. The van der Waals surface area contributed by atoms with Crippen molar-refractivity contribution in [3.63, 3.8) is 0 Å². The van der Waals surface area contributed by atoms with Gasteiger partial charge in [-0.25, -0.2) is 4.98 Å². The van der Waals surface area contributed by atoms with Crippen LogP contribution in [0.25, 0.3) is 0 Å². The predicted molar refractivity (Wildman–Crippen MR) is 121 cm³/mol. The van der Waals surface area contributed by atoms with E-state index in [1.807, 2.05) is 25.1 Å². The molecule has 1 heterocycles. The molecule has 0 amide bonds. The molecule has 0 spiro atoms. The van der Waals surface area contributed by atoms with Gasteiger partial charge in [0.2, 0.25) is 0 Å². The van der Waals surface area contributed by atoms with E-state index in [0.717, 1.165) is 28.0 Å². The van der Waals surface area contributed by atoms with E-state index in [-0.39, 0.29) is 29.4 Å². The third kappa shape index (κ3) is 6.75. The first kappa shape index (κ1) is 22.7. The maximum atomic E-state index is 5.66. The molecule has 0 fully saturated rings. The summed E-state index contributed by atoms with van der Waals surface area (Å²) in [4.78, 5) is 8.98. The van der Waals surface area contributed by atoms with Crippen molar-refractivity contribution in [2.75, 3.05) is 13.7 Å². The van der Waals surface area contributed by atoms with Crippen LogP contribution in [0.15, 0.2) is 34.6 Å². The van der Waals surface area contributed by atoms with Gasteiger partial charge in [-0.15, -0.1) is 35.3 Å². The molecule has 2 aromatic rings. The van der Waals surface area contributed by atoms with Crippen LogP contribution >= 0.6 is 35.3 Å². The number of benzene rings is 1. The number of nitrogens with one attached hydrogen (secondary N) is 2. The van der Waals surface area contributed by atoms with Crippen LogP contribution in [-0.2, 0) is 18.5 Å². The van der Waals surface area contributed by atoms with Crippen molar-refractivity contribution in [2.24, 2.45) is 4.99 Å². The highest BCUT2D eigenvalue weighted by molar-refractivity contribution is 14.0. The summed E-state index contributed by atoms with van der Waals surface area (Å²) in [5.74, 6) is 1.65. The molecule has 2 N–H and O–H groups in total. The zero-order chi connectivity index (χ0) is 18.3. The van der Waals surface area contributed by atoms with Gasteiger partial charge in [0.1, 0.15) is 5.75 Å². The van der Waals surface area contributed by atoms with Gasteiger partial charge < -0.3 is 15.4 Å². The maximum absolute atomic E-state index is 5.66. The maximum Gasteiger partial charge on any atom is 0.191 e. The molecule has 7 heteroatoms. The van der Waals surface area contributed by atoms with Crippen LogP contribution in [0.4, 0.5) is 0 Å². The summed E-state index contributed by atoms with van der Waals surface area (Å²) >= 11 is 1.71. The van der Waals surface area contributed by atoms with Gasteiger partial charge in [-0.2, -0.15) is 0 Å². The summed E-state index contributed by atoms with van der Waals surface area (Å²) in [7, 11) is 1.77. The lowest BCUT2D eigenvalue weighted by Crippen LogP contribution is -2.36. The smallest absolute Gasteiger partial charge is 0.191 e. The number of halogens is 1. The summed E-state index contributed by atoms with van der Waals surface area (Å²) in [6.45, 7) is 10.5. The first-order chi connectivity index (χ1) is 11.9. The van der Waals surface area contributed by atoms with Crippen molar-refractivity contribution in [2.45, 2.75) is 46.2 Å². The highest BCUT2D eigenvalue weighted by atomic mass is 127. The zero-order valence-electron chi connectivity index (χ0n) is 16.1. The van der Waals surface area contributed by atoms with Gasteiger partial charge >= 0.3 is 0 Å². The Balaban J connectivity index is 0.00000338. The molecule has 0 bridgehead atoms. The van der Waals surface area contributed by atoms with Gasteiger partial charge in [0.15, 0.2) is 5.96 Å². The lowest BCUT2D eigenvalue weighted by molar-refractivity contribution is 0.336. The standard InChI is InChI=1S/C19H28N4OS.HI/c1-6-24-16-10-8-7-9-14(16)11-21-18(20-5)22-12-15-13-25-17(23-15)19(2,3)4;/h7-10,13H,6,11-12H2,1-5H3,(H2,20,21,22);1H. The predicted octanol–water partition coefficient (Wildman–Crippen LogP) is 4.32. The van der Waals surface area contributed by atoms with Crippen molar-refractivity contribution in [1.82, 2.24) is 15.6 Å². The van der Waals surface area contributed by atoms with Crippen LogP contribution < -0.4 is 15.4 Å². The number of hydrogen-bond donors (Lipinski definition) is 2. The number of rotatable bonds is 6.